The second-order valence-corrected chi connectivity index (χ2v) is 31.0. The van der Waals surface area contributed by atoms with Crippen LogP contribution >= 0.6 is 15.6 Å². The molecule has 0 aliphatic carbocycles. The standard InChI is InChI=1S/C74H144O17P2/c1-9-66(7)52-44-36-28-21-19-17-15-13-11-12-14-16-18-20-22-30-40-48-56-73(78)90-70(61-85-72(77)55-47-39-33-32-37-45-53-67(8)10-2)63-89-93(82,83)87-59-68(75)58-86-92(80,81)88-62-69(91-74(79)57-49-41-31-25-27-35-43-51-65(5)6)60-84-71(76)54-46-38-29-24-23-26-34-42-50-64(3)4/h64-70,75H,9-63H2,1-8H3,(H,80,81)(H,82,83)/t66?,67?,68-,69-,70-/m1/s1. The van der Waals surface area contributed by atoms with Gasteiger partial charge in [0.15, 0.2) is 12.2 Å². The molecule has 19 heteroatoms. The molecule has 17 nitrogen and oxygen atoms in total. The van der Waals surface area contributed by atoms with E-state index in [1.54, 1.807) is 0 Å². The smallest absolute Gasteiger partial charge is 0.462 e. The molecule has 0 heterocycles. The van der Waals surface area contributed by atoms with Crippen LogP contribution in [0.4, 0.5) is 0 Å². The lowest BCUT2D eigenvalue weighted by atomic mass is 9.99. The van der Waals surface area contributed by atoms with Gasteiger partial charge in [0.2, 0.25) is 0 Å². The molecule has 0 aromatic rings. The van der Waals surface area contributed by atoms with Crippen molar-refractivity contribution in [3.8, 4) is 0 Å². The SMILES string of the molecule is CCC(C)CCCCCCCCCCCCCCCCCCCCC(=O)O[C@H](COC(=O)CCCCCCCCC(C)CC)COP(=O)(O)OC[C@H](O)COP(=O)(O)OC[C@@H](COC(=O)CCCCCCCCCCC(C)C)OC(=O)CCCCCCCCCC(C)C. The quantitative estimate of drug-likeness (QED) is 0.0222. The maximum atomic E-state index is 13.0. The first-order chi connectivity index (χ1) is 44.7. The lowest BCUT2D eigenvalue weighted by Crippen LogP contribution is -2.30. The van der Waals surface area contributed by atoms with Crippen molar-refractivity contribution < 1.29 is 80.2 Å². The summed E-state index contributed by atoms with van der Waals surface area (Å²) in [5, 5.41) is 10.6. The van der Waals surface area contributed by atoms with E-state index in [4.69, 9.17) is 37.0 Å². The van der Waals surface area contributed by atoms with Gasteiger partial charge < -0.3 is 33.8 Å². The predicted octanol–water partition coefficient (Wildman–Crippen LogP) is 21.3. The fourth-order valence-electron chi connectivity index (χ4n) is 11.1. The molecule has 0 rings (SSSR count). The second-order valence-electron chi connectivity index (χ2n) is 28.1. The van der Waals surface area contributed by atoms with Gasteiger partial charge in [-0.3, -0.25) is 37.3 Å². The second kappa shape index (κ2) is 63.5. The van der Waals surface area contributed by atoms with Crippen LogP contribution in [0.1, 0.15) is 370 Å². The Hall–Kier alpha value is -1.94. The summed E-state index contributed by atoms with van der Waals surface area (Å²) in [6, 6.07) is 0. The number of phosphoric acid groups is 2. The fourth-order valence-corrected chi connectivity index (χ4v) is 12.7. The van der Waals surface area contributed by atoms with Crippen LogP contribution in [0.3, 0.4) is 0 Å². The highest BCUT2D eigenvalue weighted by molar-refractivity contribution is 7.47. The van der Waals surface area contributed by atoms with E-state index in [1.807, 2.05) is 0 Å². The van der Waals surface area contributed by atoms with Gasteiger partial charge in [-0.15, -0.1) is 0 Å². The first kappa shape index (κ1) is 91.1. The number of aliphatic hydroxyl groups is 1. The van der Waals surface area contributed by atoms with E-state index in [1.165, 1.54) is 167 Å². The number of ether oxygens (including phenoxy) is 4. The van der Waals surface area contributed by atoms with Gasteiger partial charge in [-0.05, 0) is 49.4 Å². The first-order valence-corrected chi connectivity index (χ1v) is 41.3. The van der Waals surface area contributed by atoms with Crippen LogP contribution in [0.2, 0.25) is 0 Å². The Labute approximate surface area is 568 Å². The number of unbranched alkanes of at least 4 members (excludes halogenated alkanes) is 35. The van der Waals surface area contributed by atoms with Gasteiger partial charge in [0, 0.05) is 25.7 Å². The van der Waals surface area contributed by atoms with Crippen molar-refractivity contribution in [3.63, 3.8) is 0 Å². The van der Waals surface area contributed by atoms with Crippen LogP contribution in [0.5, 0.6) is 0 Å². The molecule has 0 fully saturated rings. The number of carbonyl (C=O) groups is 4. The Morgan fingerprint density at radius 1 is 0.301 bits per heavy atom. The van der Waals surface area contributed by atoms with Gasteiger partial charge in [-0.1, -0.05) is 319 Å². The molecule has 0 amide bonds. The monoisotopic (exact) mass is 1370 g/mol. The minimum atomic E-state index is -4.96. The van der Waals surface area contributed by atoms with Crippen LogP contribution < -0.4 is 0 Å². The number of rotatable bonds is 71. The Kier molecular flexibility index (Phi) is 62.2. The largest absolute Gasteiger partial charge is 0.472 e. The molecule has 0 aliphatic rings. The molecule has 0 saturated carbocycles. The molecule has 7 atom stereocenters. The topological polar surface area (TPSA) is 237 Å². The van der Waals surface area contributed by atoms with E-state index in [-0.39, 0.29) is 25.7 Å². The van der Waals surface area contributed by atoms with E-state index in [2.05, 4.69) is 55.4 Å². The lowest BCUT2D eigenvalue weighted by molar-refractivity contribution is -0.161. The van der Waals surface area contributed by atoms with E-state index < -0.39 is 97.5 Å². The summed E-state index contributed by atoms with van der Waals surface area (Å²) in [6.45, 7) is 14.1. The zero-order valence-electron chi connectivity index (χ0n) is 60.9. The van der Waals surface area contributed by atoms with E-state index in [0.717, 1.165) is 114 Å². The minimum absolute atomic E-state index is 0.102. The highest BCUT2D eigenvalue weighted by Crippen LogP contribution is 2.45. The summed E-state index contributed by atoms with van der Waals surface area (Å²) < 4.78 is 68.3. The third-order valence-corrected chi connectivity index (χ3v) is 19.7. The van der Waals surface area contributed by atoms with Crippen LogP contribution in [0.25, 0.3) is 0 Å². The van der Waals surface area contributed by atoms with Gasteiger partial charge in [0.25, 0.3) is 0 Å². The van der Waals surface area contributed by atoms with Gasteiger partial charge >= 0.3 is 39.5 Å². The van der Waals surface area contributed by atoms with Crippen molar-refractivity contribution >= 4 is 39.5 Å². The molecule has 93 heavy (non-hydrogen) atoms. The molecule has 3 N–H and O–H groups in total. The third-order valence-electron chi connectivity index (χ3n) is 17.8. The summed E-state index contributed by atoms with van der Waals surface area (Å²) in [7, 11) is -9.91. The summed E-state index contributed by atoms with van der Waals surface area (Å²) in [6.07, 6.45) is 47.5. The molecule has 4 unspecified atom stereocenters. The van der Waals surface area contributed by atoms with Crippen molar-refractivity contribution in [2.24, 2.45) is 23.7 Å². The molecule has 552 valence electrons. The zero-order valence-corrected chi connectivity index (χ0v) is 62.7. The Bertz CT molecular complexity index is 1840. The predicted molar refractivity (Wildman–Crippen MR) is 377 cm³/mol. The van der Waals surface area contributed by atoms with Crippen molar-refractivity contribution in [2.45, 2.75) is 388 Å². The zero-order chi connectivity index (χ0) is 68.9. The van der Waals surface area contributed by atoms with E-state index in [0.29, 0.717) is 31.6 Å². The number of hydrogen-bond acceptors (Lipinski definition) is 15. The normalized spacial score (nSPS) is 14.8. The minimum Gasteiger partial charge on any atom is -0.462 e. The molecule has 0 aromatic heterocycles. The van der Waals surface area contributed by atoms with Crippen LogP contribution in [0.15, 0.2) is 0 Å². The molecule has 0 aliphatic heterocycles. The number of esters is 4. The number of hydrogen-bond donors (Lipinski definition) is 3. The summed E-state index contributed by atoms with van der Waals surface area (Å²) in [5.41, 5.74) is 0. The van der Waals surface area contributed by atoms with Crippen molar-refractivity contribution in [2.75, 3.05) is 39.6 Å². The highest BCUT2D eigenvalue weighted by Gasteiger charge is 2.30. The summed E-state index contributed by atoms with van der Waals surface area (Å²) >= 11 is 0. The van der Waals surface area contributed by atoms with Crippen molar-refractivity contribution in [1.29, 1.82) is 0 Å². The molecule has 0 bridgehead atoms. The summed E-state index contributed by atoms with van der Waals surface area (Å²) in [5.74, 6) is 0.895. The van der Waals surface area contributed by atoms with Crippen LogP contribution in [0, 0.1) is 23.7 Å². The Balaban J connectivity index is 5.15. The maximum absolute atomic E-state index is 13.0. The molecular formula is C74H144O17P2. The van der Waals surface area contributed by atoms with E-state index in [9.17, 15) is 43.2 Å². The molecule has 0 spiro atoms. The van der Waals surface area contributed by atoms with Gasteiger partial charge in [-0.2, -0.15) is 0 Å². The summed E-state index contributed by atoms with van der Waals surface area (Å²) in [4.78, 5) is 72.6. The van der Waals surface area contributed by atoms with Gasteiger partial charge in [-0.25, -0.2) is 9.13 Å². The molecule has 0 saturated heterocycles. The molecular weight excluding hydrogens is 1220 g/mol. The lowest BCUT2D eigenvalue weighted by Gasteiger charge is -2.21. The van der Waals surface area contributed by atoms with E-state index >= 15 is 0 Å². The third kappa shape index (κ3) is 65.8. The number of aliphatic hydroxyl groups excluding tert-OH is 1. The average molecular weight is 1370 g/mol. The number of carbonyl (C=O) groups excluding carboxylic acids is 4. The highest BCUT2D eigenvalue weighted by atomic mass is 31.2. The van der Waals surface area contributed by atoms with Gasteiger partial charge in [0.1, 0.15) is 19.3 Å². The Morgan fingerprint density at radius 3 is 0.763 bits per heavy atom. The number of phosphoric ester groups is 2. The van der Waals surface area contributed by atoms with Gasteiger partial charge in [0.05, 0.1) is 26.4 Å². The molecule has 0 aromatic carbocycles. The van der Waals surface area contributed by atoms with Crippen molar-refractivity contribution in [3.05, 3.63) is 0 Å². The van der Waals surface area contributed by atoms with Crippen LogP contribution in [-0.2, 0) is 65.4 Å². The molecule has 0 radical (unpaired) electrons. The maximum Gasteiger partial charge on any atom is 0.472 e. The first-order valence-electron chi connectivity index (χ1n) is 38.3. The average Bonchev–Trinajstić information content (AvgIpc) is 1.85. The van der Waals surface area contributed by atoms with Crippen LogP contribution in [-0.4, -0.2) is 96.7 Å². The fraction of sp³-hybridized carbons (Fsp3) is 0.946. The van der Waals surface area contributed by atoms with Crippen molar-refractivity contribution in [1.82, 2.24) is 0 Å². The Morgan fingerprint density at radius 2 is 0.516 bits per heavy atom.